The van der Waals surface area contributed by atoms with Gasteiger partial charge in [0.2, 0.25) is 0 Å². The fraction of sp³-hybridized carbons (Fsp3) is 0.545. The highest BCUT2D eigenvalue weighted by atomic mass is 32.1. The number of nitrogens with zero attached hydrogens (tertiary/aromatic N) is 1. The van der Waals surface area contributed by atoms with Gasteiger partial charge in [-0.15, -0.1) is 11.3 Å². The third kappa shape index (κ3) is 2.40. The van der Waals surface area contributed by atoms with Crippen LogP contribution in [0.2, 0.25) is 0 Å². The van der Waals surface area contributed by atoms with E-state index >= 15 is 0 Å². The summed E-state index contributed by atoms with van der Waals surface area (Å²) in [5, 5.41) is 0. The molecule has 1 amide bonds. The second kappa shape index (κ2) is 4.13. The van der Waals surface area contributed by atoms with Gasteiger partial charge in [-0.3, -0.25) is 4.79 Å². The second-order valence-electron chi connectivity index (χ2n) is 4.06. The van der Waals surface area contributed by atoms with Gasteiger partial charge < -0.3 is 4.90 Å². The number of carbonyl (C=O) groups excluding carboxylic acids is 1. The molecule has 0 N–H and O–H groups in total. The number of carbonyl (C=O) groups is 1. The van der Waals surface area contributed by atoms with Crippen molar-refractivity contribution in [2.75, 3.05) is 13.1 Å². The van der Waals surface area contributed by atoms with Gasteiger partial charge in [0.1, 0.15) is 0 Å². The molecule has 0 aliphatic carbocycles. The van der Waals surface area contributed by atoms with Crippen molar-refractivity contribution in [1.29, 1.82) is 0 Å². The molecule has 88 valence electrons. The number of alkyl halides is 2. The Morgan fingerprint density at radius 2 is 2.00 bits per heavy atom. The Morgan fingerprint density at radius 3 is 2.50 bits per heavy atom. The van der Waals surface area contributed by atoms with Gasteiger partial charge in [-0.25, -0.2) is 8.78 Å². The number of thiophene rings is 1. The standard InChI is InChI=1S/C11H13F2NOS/c1-8-2-3-9(16-8)10(15)14-6-4-11(12,13)5-7-14/h2-3H,4-7H2,1H3. The highest BCUT2D eigenvalue weighted by Crippen LogP contribution is 2.29. The Kier molecular flexibility index (Phi) is 2.97. The fourth-order valence-corrected chi connectivity index (χ4v) is 2.58. The molecule has 0 saturated carbocycles. The average Bonchev–Trinajstić information content (AvgIpc) is 2.64. The lowest BCUT2D eigenvalue weighted by atomic mass is 10.1. The van der Waals surface area contributed by atoms with Crippen LogP contribution in [0, 0.1) is 6.92 Å². The molecule has 0 aromatic carbocycles. The van der Waals surface area contributed by atoms with Crippen LogP contribution in [0.25, 0.3) is 0 Å². The van der Waals surface area contributed by atoms with Crippen LogP contribution in [0.15, 0.2) is 12.1 Å². The molecule has 2 rings (SSSR count). The summed E-state index contributed by atoms with van der Waals surface area (Å²) < 4.78 is 25.8. The van der Waals surface area contributed by atoms with Crippen LogP contribution < -0.4 is 0 Å². The molecular formula is C11H13F2NOS. The SMILES string of the molecule is Cc1ccc(C(=O)N2CCC(F)(F)CC2)s1. The first-order valence-corrected chi connectivity index (χ1v) is 6.03. The molecule has 1 fully saturated rings. The maximum atomic E-state index is 12.9. The van der Waals surface area contributed by atoms with Crippen LogP contribution >= 0.6 is 11.3 Å². The molecule has 1 aliphatic heterocycles. The predicted molar refractivity (Wildman–Crippen MR) is 59.1 cm³/mol. The number of rotatable bonds is 1. The van der Waals surface area contributed by atoms with Crippen molar-refractivity contribution in [2.24, 2.45) is 0 Å². The number of hydrogen-bond donors (Lipinski definition) is 0. The second-order valence-corrected chi connectivity index (χ2v) is 5.35. The number of likely N-dealkylation sites (tertiary alicyclic amines) is 1. The summed E-state index contributed by atoms with van der Waals surface area (Å²) in [4.78, 5) is 15.1. The molecule has 1 aromatic heterocycles. The minimum atomic E-state index is -2.60. The Labute approximate surface area is 96.9 Å². The summed E-state index contributed by atoms with van der Waals surface area (Å²) in [6.07, 6.45) is -0.438. The lowest BCUT2D eigenvalue weighted by Gasteiger charge is -2.31. The third-order valence-electron chi connectivity index (χ3n) is 2.73. The lowest BCUT2D eigenvalue weighted by Crippen LogP contribution is -2.42. The first-order valence-electron chi connectivity index (χ1n) is 5.21. The Morgan fingerprint density at radius 1 is 1.38 bits per heavy atom. The molecule has 5 heteroatoms. The highest BCUT2D eigenvalue weighted by molar-refractivity contribution is 7.13. The Hall–Kier alpha value is -0.970. The van der Waals surface area contributed by atoms with Gasteiger partial charge >= 0.3 is 0 Å². The van der Waals surface area contributed by atoms with Crippen LogP contribution in [0.5, 0.6) is 0 Å². The van der Waals surface area contributed by atoms with Gasteiger partial charge in [0.15, 0.2) is 0 Å². The minimum Gasteiger partial charge on any atom is -0.338 e. The number of amides is 1. The molecule has 1 saturated heterocycles. The van der Waals surface area contributed by atoms with Crippen molar-refractivity contribution in [2.45, 2.75) is 25.7 Å². The van der Waals surface area contributed by atoms with E-state index in [0.717, 1.165) is 4.88 Å². The predicted octanol–water partition coefficient (Wildman–Crippen LogP) is 2.93. The smallest absolute Gasteiger partial charge is 0.263 e. The minimum absolute atomic E-state index is 0.117. The topological polar surface area (TPSA) is 20.3 Å². The van der Waals surface area contributed by atoms with Crippen molar-refractivity contribution in [3.63, 3.8) is 0 Å². The van der Waals surface area contributed by atoms with E-state index in [1.165, 1.54) is 16.2 Å². The van der Waals surface area contributed by atoms with E-state index in [0.29, 0.717) is 4.88 Å². The van der Waals surface area contributed by atoms with Gasteiger partial charge in [-0.1, -0.05) is 0 Å². The van der Waals surface area contributed by atoms with Crippen LogP contribution in [-0.2, 0) is 0 Å². The number of piperidine rings is 1. The van der Waals surface area contributed by atoms with Crippen LogP contribution in [0.3, 0.4) is 0 Å². The van der Waals surface area contributed by atoms with E-state index in [1.807, 2.05) is 13.0 Å². The lowest BCUT2D eigenvalue weighted by molar-refractivity contribution is -0.0493. The molecule has 1 aromatic rings. The van der Waals surface area contributed by atoms with Crippen molar-refractivity contribution in [3.05, 3.63) is 21.9 Å². The quantitative estimate of drug-likeness (QED) is 0.745. The average molecular weight is 245 g/mol. The number of halogens is 2. The zero-order valence-electron chi connectivity index (χ0n) is 9.00. The zero-order valence-corrected chi connectivity index (χ0v) is 9.82. The van der Waals surface area contributed by atoms with Gasteiger partial charge in [-0.05, 0) is 19.1 Å². The number of aryl methyl sites for hydroxylation is 1. The summed E-state index contributed by atoms with van der Waals surface area (Å²) in [6, 6.07) is 3.63. The van der Waals surface area contributed by atoms with Crippen molar-refractivity contribution in [1.82, 2.24) is 4.90 Å². The molecule has 0 atom stereocenters. The van der Waals surface area contributed by atoms with Crippen LogP contribution in [0.4, 0.5) is 8.78 Å². The summed E-state index contributed by atoms with van der Waals surface area (Å²) in [5.41, 5.74) is 0. The molecule has 0 unspecified atom stereocenters. The monoisotopic (exact) mass is 245 g/mol. The molecule has 16 heavy (non-hydrogen) atoms. The maximum Gasteiger partial charge on any atom is 0.263 e. The van der Waals surface area contributed by atoms with Crippen LogP contribution in [-0.4, -0.2) is 29.8 Å². The van der Waals surface area contributed by atoms with E-state index in [2.05, 4.69) is 0 Å². The normalized spacial score (nSPS) is 19.8. The summed E-state index contributed by atoms with van der Waals surface area (Å²) in [7, 11) is 0. The Balaban J connectivity index is 2.02. The van der Waals surface area contributed by atoms with Crippen molar-refractivity contribution in [3.8, 4) is 0 Å². The van der Waals surface area contributed by atoms with E-state index < -0.39 is 5.92 Å². The highest BCUT2D eigenvalue weighted by Gasteiger charge is 2.35. The molecule has 2 nitrogen and oxygen atoms in total. The van der Waals surface area contributed by atoms with E-state index in [1.54, 1.807) is 6.07 Å². The summed E-state index contributed by atoms with van der Waals surface area (Å²) in [5.74, 6) is -2.71. The molecule has 0 spiro atoms. The third-order valence-corrected chi connectivity index (χ3v) is 3.72. The zero-order chi connectivity index (χ0) is 11.8. The largest absolute Gasteiger partial charge is 0.338 e. The van der Waals surface area contributed by atoms with Gasteiger partial charge in [0.25, 0.3) is 11.8 Å². The van der Waals surface area contributed by atoms with Gasteiger partial charge in [0, 0.05) is 30.8 Å². The van der Waals surface area contributed by atoms with Crippen molar-refractivity contribution < 1.29 is 13.6 Å². The Bertz CT molecular complexity index is 392. The van der Waals surface area contributed by atoms with Gasteiger partial charge in [-0.2, -0.15) is 0 Å². The maximum absolute atomic E-state index is 12.9. The molecule has 0 radical (unpaired) electrons. The van der Waals surface area contributed by atoms with Crippen LogP contribution in [0.1, 0.15) is 27.4 Å². The fourth-order valence-electron chi connectivity index (χ4n) is 1.74. The first kappa shape index (κ1) is 11.5. The van der Waals surface area contributed by atoms with E-state index in [4.69, 9.17) is 0 Å². The van der Waals surface area contributed by atoms with Crippen molar-refractivity contribution >= 4 is 17.2 Å². The molecule has 0 bridgehead atoms. The summed E-state index contributed by atoms with van der Waals surface area (Å²) >= 11 is 1.41. The molecular weight excluding hydrogens is 232 g/mol. The summed E-state index contributed by atoms with van der Waals surface area (Å²) in [6.45, 7) is 2.23. The van der Waals surface area contributed by atoms with E-state index in [-0.39, 0.29) is 31.8 Å². The van der Waals surface area contributed by atoms with E-state index in [9.17, 15) is 13.6 Å². The van der Waals surface area contributed by atoms with Gasteiger partial charge in [0.05, 0.1) is 4.88 Å². The molecule has 2 heterocycles. The number of hydrogen-bond acceptors (Lipinski definition) is 2. The first-order chi connectivity index (χ1) is 7.48. The molecule has 1 aliphatic rings.